The van der Waals surface area contributed by atoms with Gasteiger partial charge in [-0.1, -0.05) is 31.3 Å². The van der Waals surface area contributed by atoms with Crippen LogP contribution in [-0.2, 0) is 12.7 Å². The number of aliphatic hydroxyl groups excluding tert-OH is 1. The van der Waals surface area contributed by atoms with Crippen LogP contribution < -0.4 is 5.32 Å². The minimum Gasteiger partial charge on any atom is -0.388 e. The molecule has 2 aromatic heterocycles. The number of halogens is 5. The SMILES string of the molecule is CC(C)C(O)c1cc(C(=O)Nc2ncc(F)s2)n(Cc2ccc(F)c(C(F)(F)F)c2)c1. The molecule has 0 spiro atoms. The first-order valence-electron chi connectivity index (χ1n) is 9.12. The maximum atomic E-state index is 13.6. The van der Waals surface area contributed by atoms with Crippen molar-refractivity contribution in [3.8, 4) is 0 Å². The molecule has 1 aromatic carbocycles. The summed E-state index contributed by atoms with van der Waals surface area (Å²) in [6, 6.07) is 3.97. The van der Waals surface area contributed by atoms with Gasteiger partial charge in [0.1, 0.15) is 11.5 Å². The van der Waals surface area contributed by atoms with Gasteiger partial charge in [-0.15, -0.1) is 0 Å². The highest BCUT2D eigenvalue weighted by Crippen LogP contribution is 2.32. The zero-order valence-corrected chi connectivity index (χ0v) is 17.2. The Labute approximate surface area is 178 Å². The zero-order valence-electron chi connectivity index (χ0n) is 16.4. The lowest BCUT2D eigenvalue weighted by Gasteiger charge is -2.13. The molecule has 5 nitrogen and oxygen atoms in total. The lowest BCUT2D eigenvalue weighted by molar-refractivity contribution is -0.140. The fourth-order valence-corrected chi connectivity index (χ4v) is 3.50. The van der Waals surface area contributed by atoms with Crippen LogP contribution in [0.5, 0.6) is 0 Å². The third kappa shape index (κ3) is 5.28. The number of benzene rings is 1. The molecule has 11 heteroatoms. The van der Waals surface area contributed by atoms with Crippen LogP contribution in [0.25, 0.3) is 0 Å². The van der Waals surface area contributed by atoms with E-state index in [9.17, 15) is 31.9 Å². The third-order valence-corrected chi connectivity index (χ3v) is 5.21. The molecule has 1 amide bonds. The highest BCUT2D eigenvalue weighted by molar-refractivity contribution is 7.14. The van der Waals surface area contributed by atoms with Crippen LogP contribution in [0.1, 0.15) is 47.1 Å². The van der Waals surface area contributed by atoms with Gasteiger partial charge in [-0.2, -0.15) is 17.6 Å². The van der Waals surface area contributed by atoms with Crippen molar-refractivity contribution >= 4 is 22.4 Å². The summed E-state index contributed by atoms with van der Waals surface area (Å²) in [6.45, 7) is 3.33. The van der Waals surface area contributed by atoms with E-state index in [0.717, 1.165) is 6.20 Å². The molecule has 166 valence electrons. The van der Waals surface area contributed by atoms with Gasteiger partial charge < -0.3 is 9.67 Å². The van der Waals surface area contributed by atoms with Gasteiger partial charge in [0, 0.05) is 12.7 Å². The predicted octanol–water partition coefficient (Wildman–Crippen LogP) is 5.23. The van der Waals surface area contributed by atoms with E-state index in [2.05, 4.69) is 10.3 Å². The average molecular weight is 459 g/mol. The third-order valence-electron chi connectivity index (χ3n) is 4.51. The Bertz CT molecular complexity index is 1090. The number of carbonyl (C=O) groups is 1. The van der Waals surface area contributed by atoms with Crippen LogP contribution in [0.15, 0.2) is 36.7 Å². The van der Waals surface area contributed by atoms with Crippen molar-refractivity contribution in [2.75, 3.05) is 5.32 Å². The largest absolute Gasteiger partial charge is 0.419 e. The molecule has 2 N–H and O–H groups in total. The first-order valence-corrected chi connectivity index (χ1v) is 9.93. The van der Waals surface area contributed by atoms with Gasteiger partial charge in [-0.3, -0.25) is 10.1 Å². The van der Waals surface area contributed by atoms with Crippen LogP contribution in [0.3, 0.4) is 0 Å². The van der Waals surface area contributed by atoms with Crippen LogP contribution >= 0.6 is 11.3 Å². The van der Waals surface area contributed by atoms with Crippen molar-refractivity contribution < 1.29 is 31.9 Å². The van der Waals surface area contributed by atoms with E-state index in [0.29, 0.717) is 29.0 Å². The summed E-state index contributed by atoms with van der Waals surface area (Å²) in [7, 11) is 0. The lowest BCUT2D eigenvalue weighted by Crippen LogP contribution is -2.17. The van der Waals surface area contributed by atoms with E-state index < -0.39 is 34.7 Å². The number of thiazole rings is 1. The quantitative estimate of drug-likeness (QED) is 0.496. The van der Waals surface area contributed by atoms with E-state index in [1.807, 2.05) is 0 Å². The molecule has 0 saturated heterocycles. The number of rotatable bonds is 6. The maximum Gasteiger partial charge on any atom is 0.419 e. The Hall–Kier alpha value is -2.79. The van der Waals surface area contributed by atoms with Crippen molar-refractivity contribution in [3.63, 3.8) is 0 Å². The van der Waals surface area contributed by atoms with Crippen molar-refractivity contribution in [2.45, 2.75) is 32.7 Å². The minimum atomic E-state index is -4.87. The minimum absolute atomic E-state index is 0.00217. The van der Waals surface area contributed by atoms with Crippen LogP contribution in [0.4, 0.5) is 27.1 Å². The Kier molecular flexibility index (Phi) is 6.46. The number of hydrogen-bond acceptors (Lipinski definition) is 4. The number of aliphatic hydroxyl groups is 1. The number of alkyl halides is 3. The van der Waals surface area contributed by atoms with Crippen LogP contribution in [-0.4, -0.2) is 20.6 Å². The van der Waals surface area contributed by atoms with Gasteiger partial charge >= 0.3 is 6.18 Å². The molecule has 0 bridgehead atoms. The van der Waals surface area contributed by atoms with E-state index >= 15 is 0 Å². The fourth-order valence-electron chi connectivity index (χ4n) is 2.96. The number of hydrogen-bond donors (Lipinski definition) is 2. The van der Waals surface area contributed by atoms with Crippen LogP contribution in [0.2, 0.25) is 0 Å². The summed E-state index contributed by atoms with van der Waals surface area (Å²) in [4.78, 5) is 16.4. The van der Waals surface area contributed by atoms with Crippen molar-refractivity contribution in [1.82, 2.24) is 9.55 Å². The molecule has 0 aliphatic rings. The van der Waals surface area contributed by atoms with E-state index in [1.165, 1.54) is 22.9 Å². The molecule has 2 heterocycles. The maximum absolute atomic E-state index is 13.6. The number of amides is 1. The zero-order chi connectivity index (χ0) is 22.9. The van der Waals surface area contributed by atoms with Crippen molar-refractivity contribution in [3.05, 3.63) is 70.0 Å². The van der Waals surface area contributed by atoms with Gasteiger partial charge in [0.2, 0.25) is 0 Å². The highest BCUT2D eigenvalue weighted by atomic mass is 32.1. The summed E-state index contributed by atoms with van der Waals surface area (Å²) in [5.74, 6) is -2.28. The molecular formula is C20H18F5N3O2S. The Morgan fingerprint density at radius 3 is 2.55 bits per heavy atom. The number of anilines is 1. The van der Waals surface area contributed by atoms with Crippen LogP contribution in [0, 0.1) is 16.9 Å². The van der Waals surface area contributed by atoms with Gasteiger partial charge in [-0.05, 0) is 35.2 Å². The molecule has 0 saturated carbocycles. The summed E-state index contributed by atoms with van der Waals surface area (Å²) >= 11 is 0.610. The normalized spacial score (nSPS) is 12.9. The second-order valence-corrected chi connectivity index (χ2v) is 8.19. The molecule has 1 unspecified atom stereocenters. The Morgan fingerprint density at radius 1 is 1.26 bits per heavy atom. The van der Waals surface area contributed by atoms with Gasteiger partial charge in [-0.25, -0.2) is 9.37 Å². The summed E-state index contributed by atoms with van der Waals surface area (Å²) < 4.78 is 67.2. The molecule has 1 atom stereocenters. The first kappa shape index (κ1) is 22.9. The first-order chi connectivity index (χ1) is 14.5. The Morgan fingerprint density at radius 2 is 1.97 bits per heavy atom. The molecule has 0 fully saturated rings. The highest BCUT2D eigenvalue weighted by Gasteiger charge is 2.34. The van der Waals surface area contributed by atoms with Gasteiger partial charge in [0.05, 0.1) is 17.9 Å². The second-order valence-electron chi connectivity index (χ2n) is 7.21. The Balaban J connectivity index is 1.97. The van der Waals surface area contributed by atoms with E-state index in [1.54, 1.807) is 13.8 Å². The monoisotopic (exact) mass is 459 g/mol. The van der Waals surface area contributed by atoms with E-state index in [-0.39, 0.29) is 28.9 Å². The summed E-state index contributed by atoms with van der Waals surface area (Å²) in [5.41, 5.74) is -0.917. The number of nitrogens with zero attached hydrogens (tertiary/aromatic N) is 2. The second kappa shape index (κ2) is 8.75. The molecule has 0 aliphatic heterocycles. The molecule has 0 radical (unpaired) electrons. The number of carbonyl (C=O) groups excluding carboxylic acids is 1. The lowest BCUT2D eigenvalue weighted by atomic mass is 10.0. The van der Waals surface area contributed by atoms with Crippen molar-refractivity contribution in [1.29, 1.82) is 0 Å². The molecule has 31 heavy (non-hydrogen) atoms. The predicted molar refractivity (Wildman–Crippen MR) is 105 cm³/mol. The molecular weight excluding hydrogens is 441 g/mol. The fraction of sp³-hybridized carbons (Fsp3) is 0.300. The molecule has 3 rings (SSSR count). The summed E-state index contributed by atoms with van der Waals surface area (Å²) in [5, 5.41) is 12.2. The molecule has 3 aromatic rings. The topological polar surface area (TPSA) is 67.2 Å². The average Bonchev–Trinajstić information content (AvgIpc) is 3.27. The smallest absolute Gasteiger partial charge is 0.388 e. The van der Waals surface area contributed by atoms with E-state index in [4.69, 9.17) is 0 Å². The number of nitrogens with one attached hydrogen (secondary N) is 1. The number of aromatic nitrogens is 2. The summed E-state index contributed by atoms with van der Waals surface area (Å²) in [6.07, 6.45) is -3.42. The van der Waals surface area contributed by atoms with Gasteiger partial charge in [0.15, 0.2) is 10.3 Å². The standard InChI is InChI=1S/C20H18F5N3O2S/c1-10(2)17(29)12-6-15(18(30)27-19-26-7-16(22)31-19)28(9-12)8-11-3-4-14(21)13(5-11)20(23,24)25/h3-7,9-10,17,29H,8H2,1-2H3,(H,26,27,30). The van der Waals surface area contributed by atoms with Crippen molar-refractivity contribution in [2.24, 2.45) is 5.92 Å². The van der Waals surface area contributed by atoms with Gasteiger partial charge in [0.25, 0.3) is 5.91 Å². The molecule has 0 aliphatic carbocycles.